The Morgan fingerprint density at radius 2 is 1.55 bits per heavy atom. The number of rotatable bonds is 6. The van der Waals surface area contributed by atoms with E-state index in [0.29, 0.717) is 17.7 Å². The van der Waals surface area contributed by atoms with Crippen LogP contribution in [0.2, 0.25) is 0 Å². The molecule has 1 heterocycles. The van der Waals surface area contributed by atoms with Crippen LogP contribution in [0.5, 0.6) is 0 Å². The fourth-order valence-corrected chi connectivity index (χ4v) is 3.89. The number of alkyl halides is 3. The smallest absolute Gasteiger partial charge is 0.432 e. The van der Waals surface area contributed by atoms with Crippen LogP contribution in [0.1, 0.15) is 11.1 Å². The third-order valence-electron chi connectivity index (χ3n) is 5.65. The van der Waals surface area contributed by atoms with Crippen molar-refractivity contribution < 1.29 is 28.2 Å². The second-order valence-electron chi connectivity index (χ2n) is 7.80. The standard InChI is InChI=1S/C25H21F3N2O3/c1-29(15-17-7-3-2-4-8-17)18-11-13-19(14-12-18)30-16-21(20-9-5-6-10-22(20)30)24(33,23(31)32)25(26,27)28/h2-14,16,33H,15H2,1H3,(H,31,32). The lowest BCUT2D eigenvalue weighted by Crippen LogP contribution is -2.49. The number of halogens is 3. The van der Waals surface area contributed by atoms with Crippen LogP contribution in [0.3, 0.4) is 0 Å². The van der Waals surface area contributed by atoms with Crippen molar-refractivity contribution in [2.45, 2.75) is 18.3 Å². The number of para-hydroxylation sites is 1. The molecule has 170 valence electrons. The van der Waals surface area contributed by atoms with Gasteiger partial charge in [0.25, 0.3) is 5.60 Å². The molecule has 0 amide bonds. The number of hydrogen-bond acceptors (Lipinski definition) is 3. The second-order valence-corrected chi connectivity index (χ2v) is 7.80. The molecule has 0 bridgehead atoms. The maximum atomic E-state index is 13.7. The van der Waals surface area contributed by atoms with E-state index >= 15 is 0 Å². The number of nitrogens with zero attached hydrogens (tertiary/aromatic N) is 2. The Morgan fingerprint density at radius 3 is 2.15 bits per heavy atom. The van der Waals surface area contributed by atoms with E-state index in [2.05, 4.69) is 0 Å². The first kappa shape index (κ1) is 22.4. The molecule has 1 atom stereocenters. The molecule has 0 fully saturated rings. The number of anilines is 1. The average molecular weight is 454 g/mol. The Bertz CT molecular complexity index is 1280. The normalized spacial score (nSPS) is 13.6. The summed E-state index contributed by atoms with van der Waals surface area (Å²) in [5, 5.41) is 19.6. The average Bonchev–Trinajstić information content (AvgIpc) is 3.18. The highest BCUT2D eigenvalue weighted by Crippen LogP contribution is 2.43. The number of aliphatic hydroxyl groups is 1. The number of fused-ring (bicyclic) bond motifs is 1. The van der Waals surface area contributed by atoms with Gasteiger partial charge in [-0.25, -0.2) is 4.79 Å². The van der Waals surface area contributed by atoms with E-state index in [0.717, 1.165) is 17.4 Å². The molecule has 33 heavy (non-hydrogen) atoms. The minimum Gasteiger partial charge on any atom is -0.479 e. The second kappa shape index (κ2) is 8.29. The van der Waals surface area contributed by atoms with E-state index in [4.69, 9.17) is 0 Å². The fraction of sp³-hybridized carbons (Fsp3) is 0.160. The SMILES string of the molecule is CN(Cc1ccccc1)c1ccc(-n2cc(C(O)(C(=O)O)C(F)(F)F)c3ccccc32)cc1. The predicted molar refractivity (Wildman–Crippen MR) is 119 cm³/mol. The molecule has 4 rings (SSSR count). The Kier molecular flexibility index (Phi) is 5.63. The molecular formula is C25H21F3N2O3. The van der Waals surface area contributed by atoms with Crippen molar-refractivity contribution in [2.24, 2.45) is 0 Å². The van der Waals surface area contributed by atoms with E-state index in [1.165, 1.54) is 16.7 Å². The van der Waals surface area contributed by atoms with E-state index in [-0.39, 0.29) is 5.39 Å². The van der Waals surface area contributed by atoms with Crippen molar-refractivity contribution in [3.8, 4) is 5.69 Å². The van der Waals surface area contributed by atoms with Crippen LogP contribution >= 0.6 is 0 Å². The van der Waals surface area contributed by atoms with Gasteiger partial charge in [0.2, 0.25) is 0 Å². The summed E-state index contributed by atoms with van der Waals surface area (Å²) < 4.78 is 42.4. The molecular weight excluding hydrogens is 433 g/mol. The molecule has 8 heteroatoms. The van der Waals surface area contributed by atoms with E-state index < -0.39 is 23.3 Å². The summed E-state index contributed by atoms with van der Waals surface area (Å²) in [6.45, 7) is 0.675. The zero-order valence-corrected chi connectivity index (χ0v) is 17.6. The minimum absolute atomic E-state index is 0.00463. The maximum absolute atomic E-state index is 13.7. The zero-order valence-electron chi connectivity index (χ0n) is 17.6. The zero-order chi connectivity index (χ0) is 23.8. The molecule has 3 aromatic carbocycles. The van der Waals surface area contributed by atoms with Gasteiger partial charge >= 0.3 is 12.1 Å². The Labute approximate surface area is 187 Å². The van der Waals surface area contributed by atoms with Crippen LogP contribution in [-0.4, -0.2) is 34.0 Å². The Balaban J connectivity index is 1.75. The number of aromatic nitrogens is 1. The van der Waals surface area contributed by atoms with E-state index in [9.17, 15) is 28.2 Å². The molecule has 0 aliphatic heterocycles. The van der Waals surface area contributed by atoms with Gasteiger partial charge in [-0.15, -0.1) is 0 Å². The van der Waals surface area contributed by atoms with Crippen molar-refractivity contribution in [3.05, 3.63) is 96.2 Å². The molecule has 0 saturated carbocycles. The summed E-state index contributed by atoms with van der Waals surface area (Å²) in [6.07, 6.45) is -4.37. The first-order valence-corrected chi connectivity index (χ1v) is 10.1. The molecule has 2 N–H and O–H groups in total. The number of carboxylic acids is 1. The summed E-state index contributed by atoms with van der Waals surface area (Å²) in [4.78, 5) is 13.6. The molecule has 1 unspecified atom stereocenters. The van der Waals surface area contributed by atoms with E-state index in [1.54, 1.807) is 24.3 Å². The molecule has 4 aromatic rings. The lowest BCUT2D eigenvalue weighted by Gasteiger charge is -2.25. The van der Waals surface area contributed by atoms with Gasteiger partial charge in [0.15, 0.2) is 0 Å². The summed E-state index contributed by atoms with van der Waals surface area (Å²) in [6, 6.07) is 23.1. The van der Waals surface area contributed by atoms with Gasteiger partial charge in [0, 0.05) is 42.1 Å². The number of aliphatic carboxylic acids is 1. The van der Waals surface area contributed by atoms with Crippen molar-refractivity contribution in [1.82, 2.24) is 4.57 Å². The number of carboxylic acid groups (broad SMARTS) is 1. The van der Waals surface area contributed by atoms with Gasteiger partial charge in [-0.1, -0.05) is 48.5 Å². The number of benzene rings is 3. The summed E-state index contributed by atoms with van der Waals surface area (Å²) >= 11 is 0. The van der Waals surface area contributed by atoms with Gasteiger partial charge in [-0.2, -0.15) is 13.2 Å². The Morgan fingerprint density at radius 1 is 0.939 bits per heavy atom. The van der Waals surface area contributed by atoms with Crippen molar-refractivity contribution in [2.75, 3.05) is 11.9 Å². The van der Waals surface area contributed by atoms with E-state index in [1.807, 2.05) is 54.4 Å². The van der Waals surface area contributed by atoms with Crippen molar-refractivity contribution >= 4 is 22.6 Å². The first-order chi connectivity index (χ1) is 15.6. The minimum atomic E-state index is -5.40. The third-order valence-corrected chi connectivity index (χ3v) is 5.65. The van der Waals surface area contributed by atoms with Gasteiger partial charge in [-0.05, 0) is 35.9 Å². The number of carbonyl (C=O) groups is 1. The van der Waals surface area contributed by atoms with Gasteiger partial charge < -0.3 is 19.7 Å². The molecule has 0 aliphatic rings. The summed E-state index contributed by atoms with van der Waals surface area (Å²) in [7, 11) is 1.93. The highest BCUT2D eigenvalue weighted by atomic mass is 19.4. The first-order valence-electron chi connectivity index (χ1n) is 10.1. The van der Waals surface area contributed by atoms with Crippen LogP contribution in [-0.2, 0) is 16.9 Å². The monoisotopic (exact) mass is 454 g/mol. The fourth-order valence-electron chi connectivity index (χ4n) is 3.89. The largest absolute Gasteiger partial charge is 0.479 e. The number of hydrogen-bond donors (Lipinski definition) is 2. The lowest BCUT2D eigenvalue weighted by molar-refractivity contribution is -0.265. The molecule has 5 nitrogen and oxygen atoms in total. The predicted octanol–water partition coefficient (Wildman–Crippen LogP) is 5.10. The highest BCUT2D eigenvalue weighted by molar-refractivity contribution is 5.93. The highest BCUT2D eigenvalue weighted by Gasteiger charge is 2.62. The van der Waals surface area contributed by atoms with Crippen molar-refractivity contribution in [3.63, 3.8) is 0 Å². The Hall–Kier alpha value is -3.78. The summed E-state index contributed by atoms with van der Waals surface area (Å²) in [5.74, 6) is -2.38. The van der Waals surface area contributed by atoms with Crippen molar-refractivity contribution in [1.29, 1.82) is 0 Å². The van der Waals surface area contributed by atoms with Gasteiger partial charge in [0.1, 0.15) is 0 Å². The molecule has 1 aromatic heterocycles. The van der Waals surface area contributed by atoms with Crippen LogP contribution < -0.4 is 4.90 Å². The molecule has 0 spiro atoms. The summed E-state index contributed by atoms with van der Waals surface area (Å²) in [5.41, 5.74) is -1.86. The molecule has 0 aliphatic carbocycles. The van der Waals surface area contributed by atoms with Crippen LogP contribution in [0.4, 0.5) is 18.9 Å². The van der Waals surface area contributed by atoms with Crippen LogP contribution in [0, 0.1) is 0 Å². The molecule has 0 radical (unpaired) electrons. The maximum Gasteiger partial charge on any atom is 0.432 e. The lowest BCUT2D eigenvalue weighted by atomic mass is 9.93. The third kappa shape index (κ3) is 3.93. The quantitative estimate of drug-likeness (QED) is 0.425. The topological polar surface area (TPSA) is 65.7 Å². The van der Waals surface area contributed by atoms with Gasteiger partial charge in [0.05, 0.1) is 5.52 Å². The van der Waals surface area contributed by atoms with Gasteiger partial charge in [-0.3, -0.25) is 0 Å². The van der Waals surface area contributed by atoms with Crippen LogP contribution in [0.25, 0.3) is 16.6 Å². The van der Waals surface area contributed by atoms with Crippen LogP contribution in [0.15, 0.2) is 85.1 Å². The molecule has 0 saturated heterocycles.